The molecule has 1 heterocycles. The lowest BCUT2D eigenvalue weighted by Crippen LogP contribution is -2.06. The standard InChI is InChI=1S/C10H12N4O2/c1-15-8-4-2-7(3-5-8)6-9-12-10(13-11)16-14-9/h2-5H,6,11H2,1H3,(H,12,13,14). The predicted molar refractivity (Wildman–Crippen MR) is 57.9 cm³/mol. The first-order chi connectivity index (χ1) is 7.81. The van der Waals surface area contributed by atoms with Crippen LogP contribution < -0.4 is 16.0 Å². The molecular weight excluding hydrogens is 208 g/mol. The summed E-state index contributed by atoms with van der Waals surface area (Å²) in [6.07, 6.45) is 0.592. The number of benzene rings is 1. The number of methoxy groups -OCH3 is 1. The summed E-state index contributed by atoms with van der Waals surface area (Å²) in [6.45, 7) is 0. The second-order valence-corrected chi connectivity index (χ2v) is 3.18. The molecule has 0 bridgehead atoms. The van der Waals surface area contributed by atoms with Crippen LogP contribution in [0, 0.1) is 0 Å². The fourth-order valence-electron chi connectivity index (χ4n) is 1.31. The molecule has 2 rings (SSSR count). The quantitative estimate of drug-likeness (QED) is 0.589. The van der Waals surface area contributed by atoms with Gasteiger partial charge in [0.25, 0.3) is 0 Å². The van der Waals surface area contributed by atoms with Crippen LogP contribution in [0.3, 0.4) is 0 Å². The van der Waals surface area contributed by atoms with Crippen molar-refractivity contribution in [1.82, 2.24) is 10.1 Å². The molecule has 0 unspecified atom stereocenters. The fraction of sp³-hybridized carbons (Fsp3) is 0.200. The highest BCUT2D eigenvalue weighted by Crippen LogP contribution is 2.14. The Morgan fingerprint density at radius 2 is 2.12 bits per heavy atom. The Labute approximate surface area is 92.4 Å². The van der Waals surface area contributed by atoms with Crippen molar-refractivity contribution in [2.75, 3.05) is 12.5 Å². The van der Waals surface area contributed by atoms with Gasteiger partial charge in [0.05, 0.1) is 7.11 Å². The Balaban J connectivity index is 2.08. The molecule has 0 spiro atoms. The van der Waals surface area contributed by atoms with E-state index >= 15 is 0 Å². The molecule has 0 amide bonds. The van der Waals surface area contributed by atoms with Gasteiger partial charge in [-0.15, -0.1) is 0 Å². The average Bonchev–Trinajstić information content (AvgIpc) is 2.78. The van der Waals surface area contributed by atoms with Crippen LogP contribution in [0.15, 0.2) is 28.8 Å². The summed E-state index contributed by atoms with van der Waals surface area (Å²) in [5.74, 6) is 6.53. The minimum absolute atomic E-state index is 0.212. The summed E-state index contributed by atoms with van der Waals surface area (Å²) in [7, 11) is 1.63. The second-order valence-electron chi connectivity index (χ2n) is 3.18. The number of ether oxygens (including phenoxy) is 1. The summed E-state index contributed by atoms with van der Waals surface area (Å²) in [5, 5.41) is 3.77. The van der Waals surface area contributed by atoms with Gasteiger partial charge >= 0.3 is 6.01 Å². The average molecular weight is 220 g/mol. The SMILES string of the molecule is COc1ccc(Cc2noc(NN)n2)cc1. The molecule has 16 heavy (non-hydrogen) atoms. The third-order valence-corrected chi connectivity index (χ3v) is 2.11. The van der Waals surface area contributed by atoms with E-state index in [4.69, 9.17) is 15.1 Å². The van der Waals surface area contributed by atoms with Crippen LogP contribution in [0.4, 0.5) is 6.01 Å². The van der Waals surface area contributed by atoms with E-state index < -0.39 is 0 Å². The van der Waals surface area contributed by atoms with E-state index in [1.165, 1.54) is 0 Å². The van der Waals surface area contributed by atoms with Gasteiger partial charge < -0.3 is 9.26 Å². The number of hydrogen-bond donors (Lipinski definition) is 2. The van der Waals surface area contributed by atoms with Crippen molar-refractivity contribution in [3.8, 4) is 5.75 Å². The molecule has 6 nitrogen and oxygen atoms in total. The first-order valence-corrected chi connectivity index (χ1v) is 4.74. The molecule has 6 heteroatoms. The number of hydrogen-bond acceptors (Lipinski definition) is 6. The number of rotatable bonds is 4. The first-order valence-electron chi connectivity index (χ1n) is 4.74. The fourth-order valence-corrected chi connectivity index (χ4v) is 1.31. The maximum absolute atomic E-state index is 5.13. The van der Waals surface area contributed by atoms with Crippen molar-refractivity contribution in [3.63, 3.8) is 0 Å². The Bertz CT molecular complexity index is 452. The molecule has 0 aliphatic heterocycles. The van der Waals surface area contributed by atoms with Gasteiger partial charge in [-0.25, -0.2) is 5.84 Å². The van der Waals surface area contributed by atoms with Crippen LogP contribution in [0.2, 0.25) is 0 Å². The number of aromatic nitrogens is 2. The Hall–Kier alpha value is -2.08. The van der Waals surface area contributed by atoms with Gasteiger partial charge in [-0.2, -0.15) is 4.98 Å². The van der Waals surface area contributed by atoms with Crippen molar-refractivity contribution in [2.24, 2.45) is 5.84 Å². The van der Waals surface area contributed by atoms with E-state index in [2.05, 4.69) is 15.6 Å². The van der Waals surface area contributed by atoms with Gasteiger partial charge in [0.15, 0.2) is 5.82 Å². The number of nitrogens with one attached hydrogen (secondary N) is 1. The Kier molecular flexibility index (Phi) is 3.02. The maximum Gasteiger partial charge on any atom is 0.335 e. The first kappa shape index (κ1) is 10.4. The van der Waals surface area contributed by atoms with Crippen LogP contribution >= 0.6 is 0 Å². The molecule has 3 N–H and O–H groups in total. The Morgan fingerprint density at radius 3 is 2.69 bits per heavy atom. The molecular formula is C10H12N4O2. The van der Waals surface area contributed by atoms with Gasteiger partial charge in [-0.3, -0.25) is 5.43 Å². The zero-order chi connectivity index (χ0) is 11.4. The number of nitrogen functional groups attached to an aromatic ring is 1. The lowest BCUT2D eigenvalue weighted by atomic mass is 10.1. The van der Waals surface area contributed by atoms with E-state index in [0.717, 1.165) is 11.3 Å². The van der Waals surface area contributed by atoms with Gasteiger partial charge in [-0.05, 0) is 17.7 Å². The number of nitrogens with two attached hydrogens (primary N) is 1. The minimum atomic E-state index is 0.212. The molecule has 0 saturated heterocycles. The minimum Gasteiger partial charge on any atom is -0.497 e. The van der Waals surface area contributed by atoms with Crippen LogP contribution in [0.1, 0.15) is 11.4 Å². The number of nitrogens with zero attached hydrogens (tertiary/aromatic N) is 2. The molecule has 0 saturated carbocycles. The van der Waals surface area contributed by atoms with Crippen LogP contribution in [0.5, 0.6) is 5.75 Å². The molecule has 0 aliphatic carbocycles. The van der Waals surface area contributed by atoms with E-state index in [1.54, 1.807) is 7.11 Å². The zero-order valence-corrected chi connectivity index (χ0v) is 8.80. The van der Waals surface area contributed by atoms with Gasteiger partial charge in [-0.1, -0.05) is 17.3 Å². The van der Waals surface area contributed by atoms with Crippen molar-refractivity contribution in [2.45, 2.75) is 6.42 Å². The zero-order valence-electron chi connectivity index (χ0n) is 8.80. The smallest absolute Gasteiger partial charge is 0.335 e. The molecule has 0 radical (unpaired) electrons. The van der Waals surface area contributed by atoms with Crippen molar-refractivity contribution < 1.29 is 9.26 Å². The molecule has 2 aromatic rings. The summed E-state index contributed by atoms with van der Waals surface area (Å²) in [4.78, 5) is 4.02. The van der Waals surface area contributed by atoms with Crippen molar-refractivity contribution in [1.29, 1.82) is 0 Å². The largest absolute Gasteiger partial charge is 0.497 e. The third kappa shape index (κ3) is 2.29. The lowest BCUT2D eigenvalue weighted by Gasteiger charge is -2.00. The highest BCUT2D eigenvalue weighted by molar-refractivity contribution is 5.29. The number of anilines is 1. The summed E-state index contributed by atoms with van der Waals surface area (Å²) >= 11 is 0. The molecule has 1 aromatic heterocycles. The van der Waals surface area contributed by atoms with Crippen molar-refractivity contribution >= 4 is 6.01 Å². The third-order valence-electron chi connectivity index (χ3n) is 2.11. The number of hydrazine groups is 1. The Morgan fingerprint density at radius 1 is 1.38 bits per heavy atom. The van der Waals surface area contributed by atoms with Crippen molar-refractivity contribution in [3.05, 3.63) is 35.7 Å². The van der Waals surface area contributed by atoms with Gasteiger partial charge in [0, 0.05) is 6.42 Å². The van der Waals surface area contributed by atoms with E-state index in [0.29, 0.717) is 12.2 Å². The molecule has 0 atom stereocenters. The summed E-state index contributed by atoms with van der Waals surface area (Å²) in [5.41, 5.74) is 3.37. The summed E-state index contributed by atoms with van der Waals surface area (Å²) < 4.78 is 9.87. The second kappa shape index (κ2) is 4.63. The normalized spacial score (nSPS) is 10.1. The van der Waals surface area contributed by atoms with E-state index in [-0.39, 0.29) is 6.01 Å². The highest BCUT2D eigenvalue weighted by Gasteiger charge is 2.05. The molecule has 0 fully saturated rings. The van der Waals surface area contributed by atoms with Crippen LogP contribution in [-0.4, -0.2) is 17.3 Å². The molecule has 0 aliphatic rings. The molecule has 1 aromatic carbocycles. The van der Waals surface area contributed by atoms with Gasteiger partial charge in [0.1, 0.15) is 5.75 Å². The van der Waals surface area contributed by atoms with E-state index in [9.17, 15) is 0 Å². The lowest BCUT2D eigenvalue weighted by molar-refractivity contribution is 0.414. The monoisotopic (exact) mass is 220 g/mol. The highest BCUT2D eigenvalue weighted by atomic mass is 16.5. The molecule has 84 valence electrons. The maximum atomic E-state index is 5.13. The van der Waals surface area contributed by atoms with Crippen LogP contribution in [0.25, 0.3) is 0 Å². The predicted octanol–water partition coefficient (Wildman–Crippen LogP) is 0.955. The summed E-state index contributed by atoms with van der Waals surface area (Å²) in [6, 6.07) is 7.88. The van der Waals surface area contributed by atoms with E-state index in [1.807, 2.05) is 24.3 Å². The van der Waals surface area contributed by atoms with Crippen LogP contribution in [-0.2, 0) is 6.42 Å². The topological polar surface area (TPSA) is 86.2 Å². The van der Waals surface area contributed by atoms with Gasteiger partial charge in [0.2, 0.25) is 0 Å².